The van der Waals surface area contributed by atoms with Gasteiger partial charge in [0.15, 0.2) is 23.3 Å². The number of rotatable bonds is 6. The summed E-state index contributed by atoms with van der Waals surface area (Å²) in [5.41, 5.74) is 4.51. The SMILES string of the molecule is CCCC1CCC(C2=Cc3c(ccc(F)c3F)CC2)CC1.CCCC1CCC(C2CCc3ccc(F)c(F)c3C2)CC1. The predicted octanol–water partition coefficient (Wildman–Crippen LogP) is 11.6. The molecule has 2 aromatic rings. The molecular formula is C38H50F4. The second-order valence-electron chi connectivity index (χ2n) is 13.7. The molecule has 0 N–H and O–H groups in total. The zero-order valence-corrected chi connectivity index (χ0v) is 25.8. The van der Waals surface area contributed by atoms with Crippen molar-refractivity contribution in [2.75, 3.05) is 0 Å². The summed E-state index contributed by atoms with van der Waals surface area (Å²) < 4.78 is 54.8. The average Bonchev–Trinajstić information content (AvgIpc) is 3.02. The van der Waals surface area contributed by atoms with Crippen LogP contribution in [-0.4, -0.2) is 0 Å². The summed E-state index contributed by atoms with van der Waals surface area (Å²) in [7, 11) is 0. The van der Waals surface area contributed by atoms with E-state index in [-0.39, 0.29) is 0 Å². The fourth-order valence-electron chi connectivity index (χ4n) is 8.62. The quantitative estimate of drug-likeness (QED) is 0.297. The summed E-state index contributed by atoms with van der Waals surface area (Å²) in [4.78, 5) is 0. The molecule has 2 saturated carbocycles. The fourth-order valence-corrected chi connectivity index (χ4v) is 8.62. The van der Waals surface area contributed by atoms with Crippen LogP contribution < -0.4 is 0 Å². The van der Waals surface area contributed by atoms with Crippen molar-refractivity contribution in [1.82, 2.24) is 0 Å². The molecule has 2 fully saturated rings. The van der Waals surface area contributed by atoms with Gasteiger partial charge in [-0.1, -0.05) is 76.2 Å². The zero-order chi connectivity index (χ0) is 29.6. The molecule has 6 rings (SSSR count). The van der Waals surface area contributed by atoms with E-state index in [4.69, 9.17) is 0 Å². The minimum absolute atomic E-state index is 0.506. The van der Waals surface area contributed by atoms with Gasteiger partial charge in [-0.25, -0.2) is 17.6 Å². The highest BCUT2D eigenvalue weighted by atomic mass is 19.2. The molecular weight excluding hydrogens is 532 g/mol. The Morgan fingerprint density at radius 2 is 1.19 bits per heavy atom. The third-order valence-corrected chi connectivity index (χ3v) is 11.1. The molecule has 0 radical (unpaired) electrons. The number of fused-ring (bicyclic) bond motifs is 2. The summed E-state index contributed by atoms with van der Waals surface area (Å²) in [6.45, 7) is 4.52. The smallest absolute Gasteiger partial charge is 0.166 e. The Kier molecular flexibility index (Phi) is 10.9. The lowest BCUT2D eigenvalue weighted by atomic mass is 9.69. The van der Waals surface area contributed by atoms with Gasteiger partial charge in [-0.05, 0) is 129 Å². The van der Waals surface area contributed by atoms with Crippen molar-refractivity contribution in [3.05, 3.63) is 75.4 Å². The molecule has 0 spiro atoms. The van der Waals surface area contributed by atoms with Crippen LogP contribution in [0.1, 0.15) is 126 Å². The third-order valence-electron chi connectivity index (χ3n) is 11.1. The third kappa shape index (κ3) is 7.33. The summed E-state index contributed by atoms with van der Waals surface area (Å²) in [5.74, 6) is 1.03. The molecule has 0 saturated heterocycles. The monoisotopic (exact) mass is 582 g/mol. The van der Waals surface area contributed by atoms with E-state index in [2.05, 4.69) is 13.8 Å². The normalized spacial score (nSPS) is 27.3. The first-order valence-corrected chi connectivity index (χ1v) is 17.0. The van der Waals surface area contributed by atoms with E-state index < -0.39 is 23.3 Å². The first-order valence-electron chi connectivity index (χ1n) is 17.0. The van der Waals surface area contributed by atoms with Gasteiger partial charge in [-0.15, -0.1) is 0 Å². The lowest BCUT2D eigenvalue weighted by Gasteiger charge is -2.36. The van der Waals surface area contributed by atoms with E-state index >= 15 is 0 Å². The highest BCUT2D eigenvalue weighted by Gasteiger charge is 2.32. The Labute approximate surface area is 251 Å². The van der Waals surface area contributed by atoms with E-state index in [0.29, 0.717) is 23.0 Å². The van der Waals surface area contributed by atoms with Crippen molar-refractivity contribution in [2.24, 2.45) is 29.6 Å². The largest absolute Gasteiger partial charge is 0.204 e. The molecule has 0 heterocycles. The Bertz CT molecular complexity index is 1210. The number of allylic oxidation sites excluding steroid dienone is 1. The number of hydrogen-bond acceptors (Lipinski definition) is 0. The van der Waals surface area contributed by atoms with Crippen LogP contribution in [0, 0.1) is 52.9 Å². The Morgan fingerprint density at radius 1 is 0.595 bits per heavy atom. The van der Waals surface area contributed by atoms with Gasteiger partial charge in [0.1, 0.15) is 0 Å². The Hall–Kier alpha value is -2.10. The molecule has 1 unspecified atom stereocenters. The molecule has 42 heavy (non-hydrogen) atoms. The Morgan fingerprint density at radius 3 is 1.83 bits per heavy atom. The van der Waals surface area contributed by atoms with Gasteiger partial charge in [0.2, 0.25) is 0 Å². The first-order chi connectivity index (χ1) is 20.4. The molecule has 4 aliphatic carbocycles. The van der Waals surface area contributed by atoms with E-state index in [1.54, 1.807) is 12.1 Å². The van der Waals surface area contributed by atoms with Crippen molar-refractivity contribution < 1.29 is 17.6 Å². The predicted molar refractivity (Wildman–Crippen MR) is 165 cm³/mol. The maximum absolute atomic E-state index is 14.0. The van der Waals surface area contributed by atoms with Crippen LogP contribution in [0.2, 0.25) is 0 Å². The van der Waals surface area contributed by atoms with Crippen LogP contribution in [0.3, 0.4) is 0 Å². The van der Waals surface area contributed by atoms with Crippen molar-refractivity contribution in [3.8, 4) is 0 Å². The van der Waals surface area contributed by atoms with Crippen molar-refractivity contribution in [3.63, 3.8) is 0 Å². The summed E-state index contributed by atoms with van der Waals surface area (Å²) in [5, 5.41) is 0. The van der Waals surface area contributed by atoms with Gasteiger partial charge in [-0.2, -0.15) is 0 Å². The van der Waals surface area contributed by atoms with Crippen LogP contribution in [0.5, 0.6) is 0 Å². The minimum atomic E-state index is -0.724. The molecule has 4 aliphatic rings. The highest BCUT2D eigenvalue weighted by molar-refractivity contribution is 5.61. The maximum atomic E-state index is 14.0. The average molecular weight is 583 g/mol. The first kappa shape index (κ1) is 31.3. The second kappa shape index (κ2) is 14.6. The molecule has 0 bridgehead atoms. The number of hydrogen-bond donors (Lipinski definition) is 0. The van der Waals surface area contributed by atoms with Crippen LogP contribution in [0.25, 0.3) is 6.08 Å². The molecule has 0 nitrogen and oxygen atoms in total. The zero-order valence-electron chi connectivity index (χ0n) is 25.8. The molecule has 0 aliphatic heterocycles. The standard InChI is InChI=1S/C19H26F2.C19H24F2/c2*1-2-3-13-4-6-14(7-5-13)16-9-8-15-10-11-18(20)19(21)17(15)12-16/h10-11,13-14,16H,2-9,12H2,1H3;10-14H,2-9H2,1H3. The topological polar surface area (TPSA) is 0 Å². The van der Waals surface area contributed by atoms with Gasteiger partial charge in [0.25, 0.3) is 0 Å². The van der Waals surface area contributed by atoms with E-state index in [9.17, 15) is 17.6 Å². The van der Waals surface area contributed by atoms with Crippen molar-refractivity contribution in [2.45, 2.75) is 123 Å². The van der Waals surface area contributed by atoms with Gasteiger partial charge in [0, 0.05) is 5.56 Å². The maximum Gasteiger partial charge on any atom is 0.166 e. The Balaban J connectivity index is 0.000000168. The minimum Gasteiger partial charge on any atom is -0.204 e. The number of benzene rings is 2. The lowest BCUT2D eigenvalue weighted by Crippen LogP contribution is -2.27. The fraction of sp³-hybridized carbons (Fsp3) is 0.632. The van der Waals surface area contributed by atoms with E-state index in [1.807, 2.05) is 6.08 Å². The molecule has 4 heteroatoms. The van der Waals surface area contributed by atoms with Crippen LogP contribution in [0.4, 0.5) is 17.6 Å². The summed E-state index contributed by atoms with van der Waals surface area (Å²) in [6, 6.07) is 6.05. The van der Waals surface area contributed by atoms with Gasteiger partial charge < -0.3 is 0 Å². The number of aryl methyl sites for hydroxylation is 2. The molecule has 2 aromatic carbocycles. The highest BCUT2D eigenvalue weighted by Crippen LogP contribution is 2.42. The van der Waals surface area contributed by atoms with E-state index in [0.717, 1.165) is 61.0 Å². The van der Waals surface area contributed by atoms with Crippen LogP contribution in [-0.2, 0) is 19.3 Å². The summed E-state index contributed by atoms with van der Waals surface area (Å²) in [6.07, 6.45) is 22.2. The number of halogens is 4. The van der Waals surface area contributed by atoms with Gasteiger partial charge >= 0.3 is 0 Å². The summed E-state index contributed by atoms with van der Waals surface area (Å²) >= 11 is 0. The lowest BCUT2D eigenvalue weighted by molar-refractivity contribution is 0.183. The van der Waals surface area contributed by atoms with Crippen molar-refractivity contribution >= 4 is 6.08 Å². The van der Waals surface area contributed by atoms with E-state index in [1.165, 1.54) is 94.8 Å². The molecule has 1 atom stereocenters. The molecule has 0 amide bonds. The molecule has 0 aromatic heterocycles. The molecule has 230 valence electrons. The second-order valence-corrected chi connectivity index (χ2v) is 13.7. The van der Waals surface area contributed by atoms with Crippen LogP contribution >= 0.6 is 0 Å². The van der Waals surface area contributed by atoms with Gasteiger partial charge in [0.05, 0.1) is 0 Å². The van der Waals surface area contributed by atoms with Crippen molar-refractivity contribution in [1.29, 1.82) is 0 Å². The van der Waals surface area contributed by atoms with Crippen LogP contribution in [0.15, 0.2) is 29.8 Å². The van der Waals surface area contributed by atoms with Gasteiger partial charge in [-0.3, -0.25) is 0 Å².